The highest BCUT2D eigenvalue weighted by molar-refractivity contribution is 9.10. The van der Waals surface area contributed by atoms with Crippen LogP contribution < -0.4 is 10.6 Å². The van der Waals surface area contributed by atoms with Crippen molar-refractivity contribution in [1.82, 2.24) is 0 Å². The van der Waals surface area contributed by atoms with E-state index in [9.17, 15) is 9.59 Å². The third-order valence-electron chi connectivity index (χ3n) is 2.93. The first-order valence-electron chi connectivity index (χ1n) is 7.14. The van der Waals surface area contributed by atoms with Gasteiger partial charge in [0.25, 0.3) is 0 Å². The van der Waals surface area contributed by atoms with Crippen molar-refractivity contribution in [3.8, 4) is 0 Å². The minimum Gasteiger partial charge on any atom is -0.325 e. The molecular formula is C17H17BrN2O2S2. The van der Waals surface area contributed by atoms with Gasteiger partial charge in [-0.3, -0.25) is 9.59 Å². The number of hydrogen-bond donors (Lipinski definition) is 2. The number of rotatable bonds is 7. The average molecular weight is 425 g/mol. The Morgan fingerprint density at radius 3 is 2.12 bits per heavy atom. The van der Waals surface area contributed by atoms with E-state index in [1.54, 1.807) is 11.8 Å². The third-order valence-corrected chi connectivity index (χ3v) is 5.08. The number of amides is 2. The molecule has 2 aromatic rings. The second-order valence-electron chi connectivity index (χ2n) is 4.83. The average Bonchev–Trinajstić information content (AvgIpc) is 2.55. The normalized spacial score (nSPS) is 10.2. The zero-order chi connectivity index (χ0) is 17.4. The van der Waals surface area contributed by atoms with Crippen LogP contribution in [-0.4, -0.2) is 29.6 Å². The molecule has 2 amide bonds. The SMILES string of the molecule is CSc1cccc(NC(=O)CSCC(=O)Nc2cccc(Br)c2)c1. The zero-order valence-electron chi connectivity index (χ0n) is 13.0. The highest BCUT2D eigenvalue weighted by atomic mass is 79.9. The molecule has 0 saturated carbocycles. The van der Waals surface area contributed by atoms with Crippen molar-refractivity contribution >= 4 is 62.6 Å². The standard InChI is InChI=1S/C17H17BrN2O2S2/c1-23-15-7-3-6-14(9-15)20-17(22)11-24-10-16(21)19-13-5-2-4-12(18)8-13/h2-9H,10-11H2,1H3,(H,19,21)(H,20,22). The van der Waals surface area contributed by atoms with Crippen molar-refractivity contribution in [3.05, 3.63) is 53.0 Å². The lowest BCUT2D eigenvalue weighted by Gasteiger charge is -2.07. The van der Waals surface area contributed by atoms with Gasteiger partial charge in [-0.2, -0.15) is 0 Å². The Kier molecular flexibility index (Phi) is 7.68. The van der Waals surface area contributed by atoms with Crippen LogP contribution in [0.1, 0.15) is 0 Å². The van der Waals surface area contributed by atoms with Crippen LogP contribution in [0.25, 0.3) is 0 Å². The molecule has 0 bridgehead atoms. The molecule has 0 fully saturated rings. The van der Waals surface area contributed by atoms with Crippen LogP contribution in [0.4, 0.5) is 11.4 Å². The topological polar surface area (TPSA) is 58.2 Å². The number of anilines is 2. The minimum atomic E-state index is -0.129. The van der Waals surface area contributed by atoms with Crippen LogP contribution in [0.2, 0.25) is 0 Å². The zero-order valence-corrected chi connectivity index (χ0v) is 16.3. The van der Waals surface area contributed by atoms with E-state index < -0.39 is 0 Å². The van der Waals surface area contributed by atoms with Crippen molar-refractivity contribution in [1.29, 1.82) is 0 Å². The van der Waals surface area contributed by atoms with Crippen molar-refractivity contribution in [3.63, 3.8) is 0 Å². The number of carbonyl (C=O) groups is 2. The Morgan fingerprint density at radius 2 is 1.54 bits per heavy atom. The molecule has 0 aliphatic carbocycles. The van der Waals surface area contributed by atoms with Gasteiger partial charge in [0.1, 0.15) is 0 Å². The van der Waals surface area contributed by atoms with Crippen LogP contribution in [-0.2, 0) is 9.59 Å². The second-order valence-corrected chi connectivity index (χ2v) is 7.61. The van der Waals surface area contributed by atoms with Crippen LogP contribution in [0.3, 0.4) is 0 Å². The summed E-state index contributed by atoms with van der Waals surface area (Å²) < 4.78 is 0.903. The molecule has 4 nitrogen and oxygen atoms in total. The van der Waals surface area contributed by atoms with Gasteiger partial charge in [-0.05, 0) is 42.7 Å². The molecule has 0 aliphatic rings. The molecule has 0 heterocycles. The van der Waals surface area contributed by atoms with E-state index in [-0.39, 0.29) is 23.3 Å². The lowest BCUT2D eigenvalue weighted by atomic mass is 10.3. The molecule has 24 heavy (non-hydrogen) atoms. The van der Waals surface area contributed by atoms with Gasteiger partial charge >= 0.3 is 0 Å². The van der Waals surface area contributed by atoms with Gasteiger partial charge in [-0.15, -0.1) is 23.5 Å². The van der Waals surface area contributed by atoms with Crippen molar-refractivity contribution in [2.75, 3.05) is 28.4 Å². The summed E-state index contributed by atoms with van der Waals surface area (Å²) >= 11 is 6.26. The van der Waals surface area contributed by atoms with E-state index in [0.717, 1.165) is 20.7 Å². The van der Waals surface area contributed by atoms with E-state index in [2.05, 4.69) is 26.6 Å². The van der Waals surface area contributed by atoms with Crippen molar-refractivity contribution in [2.24, 2.45) is 0 Å². The van der Waals surface area contributed by atoms with Gasteiger partial charge in [0, 0.05) is 20.7 Å². The summed E-state index contributed by atoms with van der Waals surface area (Å²) in [6, 6.07) is 15.0. The molecule has 2 N–H and O–H groups in total. The van der Waals surface area contributed by atoms with Gasteiger partial charge in [-0.1, -0.05) is 28.1 Å². The Labute approximate surface area is 158 Å². The summed E-state index contributed by atoms with van der Waals surface area (Å²) in [6.45, 7) is 0. The molecule has 0 aliphatic heterocycles. The lowest BCUT2D eigenvalue weighted by Crippen LogP contribution is -2.18. The molecule has 126 valence electrons. The smallest absolute Gasteiger partial charge is 0.234 e. The van der Waals surface area contributed by atoms with Crippen molar-refractivity contribution in [2.45, 2.75) is 4.90 Å². The summed E-state index contributed by atoms with van der Waals surface area (Å²) in [6.07, 6.45) is 1.99. The molecule has 7 heteroatoms. The van der Waals surface area contributed by atoms with E-state index in [0.29, 0.717) is 0 Å². The van der Waals surface area contributed by atoms with Crippen LogP contribution in [0.5, 0.6) is 0 Å². The van der Waals surface area contributed by atoms with Gasteiger partial charge in [0.05, 0.1) is 11.5 Å². The Morgan fingerprint density at radius 1 is 0.958 bits per heavy atom. The monoisotopic (exact) mass is 424 g/mol. The first kappa shape index (κ1) is 18.9. The fraction of sp³-hybridized carbons (Fsp3) is 0.176. The van der Waals surface area contributed by atoms with Gasteiger partial charge in [0.15, 0.2) is 0 Å². The van der Waals surface area contributed by atoms with Gasteiger partial charge < -0.3 is 10.6 Å². The first-order chi connectivity index (χ1) is 11.6. The van der Waals surface area contributed by atoms with Crippen LogP contribution in [0, 0.1) is 0 Å². The summed E-state index contributed by atoms with van der Waals surface area (Å²) in [4.78, 5) is 24.9. The molecule has 0 spiro atoms. The molecule has 0 aromatic heterocycles. The maximum absolute atomic E-state index is 11.9. The van der Waals surface area contributed by atoms with E-state index >= 15 is 0 Å². The molecule has 0 radical (unpaired) electrons. The molecular weight excluding hydrogens is 408 g/mol. The summed E-state index contributed by atoms with van der Waals surface area (Å²) in [5, 5.41) is 5.63. The first-order valence-corrected chi connectivity index (χ1v) is 10.3. The van der Waals surface area contributed by atoms with Crippen LogP contribution >= 0.6 is 39.5 Å². The summed E-state index contributed by atoms with van der Waals surface area (Å²) in [5.41, 5.74) is 1.50. The highest BCUT2D eigenvalue weighted by Crippen LogP contribution is 2.19. The molecule has 0 saturated heterocycles. The predicted molar refractivity (Wildman–Crippen MR) is 107 cm³/mol. The maximum atomic E-state index is 11.9. The predicted octanol–water partition coefficient (Wildman–Crippen LogP) is 4.48. The second kappa shape index (κ2) is 9.76. The number of thioether (sulfide) groups is 2. The number of nitrogens with one attached hydrogen (secondary N) is 2. The lowest BCUT2D eigenvalue weighted by molar-refractivity contribution is -0.114. The number of carbonyl (C=O) groups excluding carboxylic acids is 2. The largest absolute Gasteiger partial charge is 0.325 e. The summed E-state index contributed by atoms with van der Waals surface area (Å²) in [7, 11) is 0. The van der Waals surface area contributed by atoms with Gasteiger partial charge in [0.2, 0.25) is 11.8 Å². The number of halogens is 1. The highest BCUT2D eigenvalue weighted by Gasteiger charge is 2.07. The Bertz CT molecular complexity index is 725. The molecule has 2 aromatic carbocycles. The number of hydrogen-bond acceptors (Lipinski definition) is 4. The molecule has 2 rings (SSSR count). The van der Waals surface area contributed by atoms with E-state index in [1.807, 2.05) is 54.8 Å². The van der Waals surface area contributed by atoms with Crippen LogP contribution in [0.15, 0.2) is 57.9 Å². The fourth-order valence-electron chi connectivity index (χ4n) is 1.90. The fourth-order valence-corrected chi connectivity index (χ4v) is 3.37. The maximum Gasteiger partial charge on any atom is 0.234 e. The van der Waals surface area contributed by atoms with Crippen molar-refractivity contribution < 1.29 is 9.59 Å². The third kappa shape index (κ3) is 6.59. The number of benzene rings is 2. The van der Waals surface area contributed by atoms with E-state index in [1.165, 1.54) is 11.8 Å². The Balaban J connectivity index is 1.72. The summed E-state index contributed by atoms with van der Waals surface area (Å²) in [5.74, 6) is 0.212. The van der Waals surface area contributed by atoms with Gasteiger partial charge in [-0.25, -0.2) is 0 Å². The molecule has 0 unspecified atom stereocenters. The molecule has 0 atom stereocenters. The Hall–Kier alpha value is -1.44. The minimum absolute atomic E-state index is 0.117. The quantitative estimate of drug-likeness (QED) is 0.643. The van der Waals surface area contributed by atoms with E-state index in [4.69, 9.17) is 0 Å².